The van der Waals surface area contributed by atoms with E-state index in [2.05, 4.69) is 27.8 Å². The molecule has 1 heterocycles. The van der Waals surface area contributed by atoms with Crippen LogP contribution in [0, 0.1) is 5.92 Å². The maximum absolute atomic E-state index is 12.7. The lowest BCUT2D eigenvalue weighted by Crippen LogP contribution is -2.40. The fourth-order valence-corrected chi connectivity index (χ4v) is 3.67. The summed E-state index contributed by atoms with van der Waals surface area (Å²) in [7, 11) is 0. The normalized spacial score (nSPS) is 16.5. The Morgan fingerprint density at radius 1 is 1.06 bits per heavy atom. The molecule has 1 fully saturated rings. The number of rotatable bonds is 8. The first-order valence-electron chi connectivity index (χ1n) is 10.8. The highest BCUT2D eigenvalue weighted by atomic mass is 127. The maximum atomic E-state index is 12.7. The van der Waals surface area contributed by atoms with Gasteiger partial charge in [-0.25, -0.2) is 4.99 Å². The molecule has 0 radical (unpaired) electrons. The fraction of sp³-hybridized carbons (Fsp3) is 0.417. The number of nitrogens with zero attached hydrogens (tertiary/aromatic N) is 2. The van der Waals surface area contributed by atoms with Gasteiger partial charge < -0.3 is 15.5 Å². The third-order valence-electron chi connectivity index (χ3n) is 5.41. The first kappa shape index (κ1) is 26.9. The van der Waals surface area contributed by atoms with Crippen LogP contribution in [0.5, 0.6) is 0 Å². The fourth-order valence-electron chi connectivity index (χ4n) is 3.67. The lowest BCUT2D eigenvalue weighted by Gasteiger charge is -2.18. The van der Waals surface area contributed by atoms with Gasteiger partial charge in [-0.15, -0.1) is 24.0 Å². The topological polar surface area (TPSA) is 56.7 Å². The molecule has 2 N–H and O–H groups in total. The number of carbonyl (C=O) groups is 1. The van der Waals surface area contributed by atoms with Crippen molar-refractivity contribution in [2.75, 3.05) is 26.2 Å². The number of benzene rings is 2. The first-order chi connectivity index (χ1) is 15.3. The van der Waals surface area contributed by atoms with Crippen molar-refractivity contribution >= 4 is 35.8 Å². The molecule has 5 nitrogen and oxygen atoms in total. The second kappa shape index (κ2) is 12.8. The lowest BCUT2D eigenvalue weighted by molar-refractivity contribution is -0.137. The third kappa shape index (κ3) is 8.53. The zero-order valence-corrected chi connectivity index (χ0v) is 20.9. The van der Waals surface area contributed by atoms with Crippen molar-refractivity contribution in [1.29, 1.82) is 0 Å². The molecule has 0 saturated carbocycles. The summed E-state index contributed by atoms with van der Waals surface area (Å²) in [6, 6.07) is 15.1. The molecule has 0 aromatic heterocycles. The zero-order chi connectivity index (χ0) is 23.0. The molecule has 180 valence electrons. The molecule has 0 spiro atoms. The second-order valence-corrected chi connectivity index (χ2v) is 7.92. The molecular formula is C24H30F3IN4O. The molecule has 0 aliphatic carbocycles. The van der Waals surface area contributed by atoms with Crippen LogP contribution in [0.1, 0.15) is 30.0 Å². The molecule has 1 aliphatic heterocycles. The van der Waals surface area contributed by atoms with E-state index >= 15 is 0 Å². The van der Waals surface area contributed by atoms with Crippen LogP contribution in [-0.4, -0.2) is 42.9 Å². The minimum Gasteiger partial charge on any atom is -0.357 e. The van der Waals surface area contributed by atoms with Crippen LogP contribution >= 0.6 is 24.0 Å². The van der Waals surface area contributed by atoms with Gasteiger partial charge in [0.1, 0.15) is 0 Å². The highest BCUT2D eigenvalue weighted by molar-refractivity contribution is 14.0. The SMILES string of the molecule is CCNC(=NCc1ccc(C(F)(F)F)cc1)NCC1CC(=O)N(CCc2ccccc2)C1.I. The van der Waals surface area contributed by atoms with E-state index in [1.54, 1.807) is 0 Å². The Bertz CT molecular complexity index is 904. The van der Waals surface area contributed by atoms with Crippen LogP contribution in [0.2, 0.25) is 0 Å². The molecule has 1 saturated heterocycles. The molecule has 1 unspecified atom stereocenters. The van der Waals surface area contributed by atoms with Gasteiger partial charge in [-0.2, -0.15) is 13.2 Å². The van der Waals surface area contributed by atoms with Gasteiger partial charge in [0.2, 0.25) is 5.91 Å². The maximum Gasteiger partial charge on any atom is 0.416 e. The molecule has 1 atom stereocenters. The molecule has 9 heteroatoms. The van der Waals surface area contributed by atoms with Gasteiger partial charge in [-0.3, -0.25) is 4.79 Å². The molecule has 1 aliphatic rings. The van der Waals surface area contributed by atoms with Gasteiger partial charge in [0.15, 0.2) is 5.96 Å². The molecule has 1 amide bonds. The number of guanidine groups is 1. The molecule has 2 aromatic rings. The van der Waals surface area contributed by atoms with Gasteiger partial charge in [0.25, 0.3) is 0 Å². The van der Waals surface area contributed by atoms with Crippen LogP contribution in [0.3, 0.4) is 0 Å². The number of amides is 1. The summed E-state index contributed by atoms with van der Waals surface area (Å²) in [5, 5.41) is 6.41. The van der Waals surface area contributed by atoms with Gasteiger partial charge in [0.05, 0.1) is 12.1 Å². The van der Waals surface area contributed by atoms with Crippen LogP contribution in [0.25, 0.3) is 0 Å². The highest BCUT2D eigenvalue weighted by Crippen LogP contribution is 2.29. The lowest BCUT2D eigenvalue weighted by atomic mass is 10.1. The summed E-state index contributed by atoms with van der Waals surface area (Å²) in [6.45, 7) is 4.89. The quantitative estimate of drug-likeness (QED) is 0.278. The summed E-state index contributed by atoms with van der Waals surface area (Å²) in [5.74, 6) is 0.940. The average Bonchev–Trinajstić information content (AvgIpc) is 3.14. The van der Waals surface area contributed by atoms with E-state index in [1.165, 1.54) is 17.7 Å². The zero-order valence-electron chi connectivity index (χ0n) is 18.6. The summed E-state index contributed by atoms with van der Waals surface area (Å²) in [5.41, 5.74) is 1.24. The van der Waals surface area contributed by atoms with Crippen LogP contribution in [0.15, 0.2) is 59.6 Å². The third-order valence-corrected chi connectivity index (χ3v) is 5.41. The van der Waals surface area contributed by atoms with Gasteiger partial charge >= 0.3 is 6.18 Å². The monoisotopic (exact) mass is 574 g/mol. The Hall–Kier alpha value is -2.30. The number of carbonyl (C=O) groups excluding carboxylic acids is 1. The standard InChI is InChI=1S/C24H29F3N4O.HI/c1-2-28-23(29-15-19-8-10-21(11-9-19)24(25,26)27)30-16-20-14-22(32)31(17-20)13-12-18-6-4-3-5-7-18;/h3-11,20H,2,12-17H2,1H3,(H2,28,29,30);1H. The van der Waals surface area contributed by atoms with E-state index in [0.29, 0.717) is 44.1 Å². The smallest absolute Gasteiger partial charge is 0.357 e. The Balaban J connectivity index is 0.00000385. The van der Waals surface area contributed by atoms with E-state index in [4.69, 9.17) is 0 Å². The van der Waals surface area contributed by atoms with Crippen LogP contribution < -0.4 is 10.6 Å². The molecular weight excluding hydrogens is 544 g/mol. The van der Waals surface area contributed by atoms with Gasteiger partial charge in [-0.1, -0.05) is 42.5 Å². The van der Waals surface area contributed by atoms with E-state index in [9.17, 15) is 18.0 Å². The summed E-state index contributed by atoms with van der Waals surface area (Å²) in [4.78, 5) is 18.7. The van der Waals surface area contributed by atoms with E-state index in [1.807, 2.05) is 30.0 Å². The van der Waals surface area contributed by atoms with E-state index in [0.717, 1.165) is 18.6 Å². The number of likely N-dealkylation sites (tertiary alicyclic amines) is 1. The summed E-state index contributed by atoms with van der Waals surface area (Å²) in [6.07, 6.45) is -3.00. The molecule has 2 aromatic carbocycles. The highest BCUT2D eigenvalue weighted by Gasteiger charge is 2.30. The predicted octanol–water partition coefficient (Wildman–Crippen LogP) is 4.47. The molecule has 0 bridgehead atoms. The predicted molar refractivity (Wildman–Crippen MR) is 135 cm³/mol. The Morgan fingerprint density at radius 3 is 2.39 bits per heavy atom. The summed E-state index contributed by atoms with van der Waals surface area (Å²) < 4.78 is 38.1. The van der Waals surface area contributed by atoms with Crippen LogP contribution in [0.4, 0.5) is 13.2 Å². The number of hydrogen-bond acceptors (Lipinski definition) is 2. The number of hydrogen-bond donors (Lipinski definition) is 2. The van der Waals surface area contributed by atoms with Crippen LogP contribution in [-0.2, 0) is 23.9 Å². The van der Waals surface area contributed by atoms with Crippen molar-refractivity contribution in [3.8, 4) is 0 Å². The van der Waals surface area contributed by atoms with Crippen molar-refractivity contribution in [2.24, 2.45) is 10.9 Å². The van der Waals surface area contributed by atoms with Crippen molar-refractivity contribution in [2.45, 2.75) is 32.5 Å². The minimum absolute atomic E-state index is 0. The molecule has 3 rings (SSSR count). The molecule has 33 heavy (non-hydrogen) atoms. The summed E-state index contributed by atoms with van der Waals surface area (Å²) >= 11 is 0. The Labute approximate surface area is 209 Å². The number of halogens is 4. The number of alkyl halides is 3. The Kier molecular flexibility index (Phi) is 10.5. The van der Waals surface area contributed by atoms with Crippen molar-refractivity contribution in [3.63, 3.8) is 0 Å². The van der Waals surface area contributed by atoms with Crippen molar-refractivity contribution in [3.05, 3.63) is 71.3 Å². The van der Waals surface area contributed by atoms with Crippen molar-refractivity contribution < 1.29 is 18.0 Å². The number of nitrogens with one attached hydrogen (secondary N) is 2. The number of aliphatic imine (C=N–C) groups is 1. The first-order valence-corrected chi connectivity index (χ1v) is 10.8. The minimum atomic E-state index is -4.34. The van der Waals surface area contributed by atoms with E-state index in [-0.39, 0.29) is 42.3 Å². The van der Waals surface area contributed by atoms with E-state index < -0.39 is 11.7 Å². The van der Waals surface area contributed by atoms with Gasteiger partial charge in [-0.05, 0) is 36.6 Å². The second-order valence-electron chi connectivity index (χ2n) is 7.92. The van der Waals surface area contributed by atoms with Crippen molar-refractivity contribution in [1.82, 2.24) is 15.5 Å². The average molecular weight is 574 g/mol. The Morgan fingerprint density at radius 2 is 1.76 bits per heavy atom. The van der Waals surface area contributed by atoms with Gasteiger partial charge in [0, 0.05) is 38.5 Å². The largest absolute Gasteiger partial charge is 0.416 e.